The summed E-state index contributed by atoms with van der Waals surface area (Å²) in [4.78, 5) is 6.77. The number of morpholine rings is 1. The molecule has 0 aliphatic carbocycles. The van der Waals surface area contributed by atoms with Crippen molar-refractivity contribution in [3.8, 4) is 0 Å². The highest BCUT2D eigenvalue weighted by Crippen LogP contribution is 2.24. The van der Waals surface area contributed by atoms with Gasteiger partial charge in [-0.05, 0) is 19.4 Å². The number of hydrogen-bond acceptors (Lipinski definition) is 4. The first-order valence-electron chi connectivity index (χ1n) is 6.29. The van der Waals surface area contributed by atoms with Crippen molar-refractivity contribution in [3.63, 3.8) is 0 Å². The lowest BCUT2D eigenvalue weighted by Crippen LogP contribution is -2.43. The minimum atomic E-state index is 0.0154. The number of pyridine rings is 1. The smallest absolute Gasteiger partial charge is 0.133 e. The van der Waals surface area contributed by atoms with Gasteiger partial charge in [0.2, 0.25) is 0 Å². The molecule has 17 heavy (non-hydrogen) atoms. The van der Waals surface area contributed by atoms with Crippen LogP contribution < -0.4 is 10.6 Å². The molecule has 0 saturated carbocycles. The van der Waals surface area contributed by atoms with E-state index < -0.39 is 0 Å². The van der Waals surface area contributed by atoms with Crippen molar-refractivity contribution in [2.75, 3.05) is 24.6 Å². The lowest BCUT2D eigenvalue weighted by Gasteiger charge is -2.34. The van der Waals surface area contributed by atoms with Crippen LogP contribution in [0.25, 0.3) is 0 Å². The number of aromatic nitrogens is 1. The Kier molecular flexibility index (Phi) is 3.97. The Morgan fingerprint density at radius 2 is 2.47 bits per heavy atom. The second-order valence-corrected chi connectivity index (χ2v) is 4.55. The second-order valence-electron chi connectivity index (χ2n) is 4.55. The molecule has 0 aromatic carbocycles. The van der Waals surface area contributed by atoms with Crippen molar-refractivity contribution in [1.82, 2.24) is 4.98 Å². The third kappa shape index (κ3) is 2.76. The summed E-state index contributed by atoms with van der Waals surface area (Å²) in [5.74, 6) is 1.02. The van der Waals surface area contributed by atoms with E-state index in [1.807, 2.05) is 19.2 Å². The molecule has 94 valence electrons. The molecule has 1 aromatic heterocycles. The summed E-state index contributed by atoms with van der Waals surface area (Å²) in [5, 5.41) is 0. The number of nitrogens with two attached hydrogens (primary N) is 1. The Morgan fingerprint density at radius 3 is 3.18 bits per heavy atom. The standard InChI is InChI=1S/C13H21N3O/c1-3-11-9-16(7-8-17-11)13-12(10(2)14)5-4-6-15-13/h4-6,10-11H,3,7-9,14H2,1-2H3/t10-,11?/m0/s1. The quantitative estimate of drug-likeness (QED) is 0.866. The molecular weight excluding hydrogens is 214 g/mol. The van der Waals surface area contributed by atoms with Crippen molar-refractivity contribution in [3.05, 3.63) is 23.9 Å². The van der Waals surface area contributed by atoms with E-state index in [4.69, 9.17) is 10.5 Å². The third-order valence-corrected chi connectivity index (χ3v) is 3.20. The Labute approximate surface area is 103 Å². The first kappa shape index (κ1) is 12.3. The van der Waals surface area contributed by atoms with E-state index in [-0.39, 0.29) is 6.04 Å². The fraction of sp³-hybridized carbons (Fsp3) is 0.615. The summed E-state index contributed by atoms with van der Waals surface area (Å²) >= 11 is 0. The average Bonchev–Trinajstić information content (AvgIpc) is 2.39. The minimum absolute atomic E-state index is 0.0154. The zero-order valence-corrected chi connectivity index (χ0v) is 10.6. The van der Waals surface area contributed by atoms with Crippen molar-refractivity contribution < 1.29 is 4.74 Å². The first-order valence-corrected chi connectivity index (χ1v) is 6.29. The highest BCUT2D eigenvalue weighted by molar-refractivity contribution is 5.48. The van der Waals surface area contributed by atoms with Crippen LogP contribution in [-0.2, 0) is 4.74 Å². The maximum absolute atomic E-state index is 5.99. The molecule has 2 heterocycles. The van der Waals surface area contributed by atoms with Crippen LogP contribution in [0.3, 0.4) is 0 Å². The molecule has 4 heteroatoms. The SMILES string of the molecule is CCC1CN(c2ncccc2[C@H](C)N)CCO1. The van der Waals surface area contributed by atoms with Gasteiger partial charge in [0.05, 0.1) is 12.7 Å². The molecule has 0 radical (unpaired) electrons. The zero-order valence-electron chi connectivity index (χ0n) is 10.6. The van der Waals surface area contributed by atoms with Crippen LogP contribution in [0.2, 0.25) is 0 Å². The Hall–Kier alpha value is -1.13. The maximum atomic E-state index is 5.99. The highest BCUT2D eigenvalue weighted by Gasteiger charge is 2.22. The zero-order chi connectivity index (χ0) is 12.3. The van der Waals surface area contributed by atoms with Crippen molar-refractivity contribution in [1.29, 1.82) is 0 Å². The molecule has 0 amide bonds. The van der Waals surface area contributed by atoms with Gasteiger partial charge in [-0.25, -0.2) is 4.98 Å². The predicted octanol–water partition coefficient (Wildman–Crippen LogP) is 1.72. The topological polar surface area (TPSA) is 51.4 Å². The number of hydrogen-bond donors (Lipinski definition) is 1. The van der Waals surface area contributed by atoms with Gasteiger partial charge in [-0.2, -0.15) is 0 Å². The van der Waals surface area contributed by atoms with Crippen LogP contribution in [0.1, 0.15) is 31.9 Å². The molecule has 4 nitrogen and oxygen atoms in total. The molecular formula is C13H21N3O. The highest BCUT2D eigenvalue weighted by atomic mass is 16.5. The first-order chi connectivity index (χ1) is 8.22. The van der Waals surface area contributed by atoms with E-state index in [1.165, 1.54) is 0 Å². The molecule has 2 rings (SSSR count). The Morgan fingerprint density at radius 1 is 1.65 bits per heavy atom. The molecule has 2 N–H and O–H groups in total. The van der Waals surface area contributed by atoms with Gasteiger partial charge >= 0.3 is 0 Å². The summed E-state index contributed by atoms with van der Waals surface area (Å²) in [6.07, 6.45) is 3.18. The molecule has 1 aliphatic heterocycles. The van der Waals surface area contributed by atoms with E-state index >= 15 is 0 Å². The van der Waals surface area contributed by atoms with Crippen LogP contribution >= 0.6 is 0 Å². The monoisotopic (exact) mass is 235 g/mol. The number of ether oxygens (including phenoxy) is 1. The summed E-state index contributed by atoms with van der Waals surface area (Å²) < 4.78 is 5.68. The van der Waals surface area contributed by atoms with Crippen LogP contribution in [-0.4, -0.2) is 30.8 Å². The molecule has 1 unspecified atom stereocenters. The maximum Gasteiger partial charge on any atom is 0.133 e. The number of nitrogens with zero attached hydrogens (tertiary/aromatic N) is 2. The van der Waals surface area contributed by atoms with Gasteiger partial charge in [0, 0.05) is 30.9 Å². The van der Waals surface area contributed by atoms with E-state index in [0.717, 1.165) is 37.5 Å². The van der Waals surface area contributed by atoms with Crippen LogP contribution in [0.15, 0.2) is 18.3 Å². The number of anilines is 1. The molecule has 1 saturated heterocycles. The molecule has 1 aliphatic rings. The van der Waals surface area contributed by atoms with Gasteiger partial charge < -0.3 is 15.4 Å². The van der Waals surface area contributed by atoms with Crippen molar-refractivity contribution in [2.45, 2.75) is 32.4 Å². The van der Waals surface area contributed by atoms with Crippen LogP contribution in [0.5, 0.6) is 0 Å². The van der Waals surface area contributed by atoms with Gasteiger partial charge in [0.25, 0.3) is 0 Å². The van der Waals surface area contributed by atoms with Gasteiger partial charge in [-0.1, -0.05) is 13.0 Å². The molecule has 0 bridgehead atoms. The number of rotatable bonds is 3. The Balaban J connectivity index is 2.21. The van der Waals surface area contributed by atoms with Crippen LogP contribution in [0.4, 0.5) is 5.82 Å². The second kappa shape index (κ2) is 5.47. The van der Waals surface area contributed by atoms with E-state index in [1.54, 1.807) is 0 Å². The van der Waals surface area contributed by atoms with E-state index in [9.17, 15) is 0 Å². The largest absolute Gasteiger partial charge is 0.375 e. The van der Waals surface area contributed by atoms with Gasteiger partial charge in [-0.15, -0.1) is 0 Å². The summed E-state index contributed by atoms with van der Waals surface area (Å²) in [6.45, 7) is 6.73. The lowest BCUT2D eigenvalue weighted by molar-refractivity contribution is 0.0381. The molecule has 1 aromatic rings. The molecule has 0 spiro atoms. The normalized spacial score (nSPS) is 22.5. The van der Waals surface area contributed by atoms with E-state index in [2.05, 4.69) is 22.9 Å². The third-order valence-electron chi connectivity index (χ3n) is 3.20. The van der Waals surface area contributed by atoms with Gasteiger partial charge in [0.15, 0.2) is 0 Å². The van der Waals surface area contributed by atoms with Gasteiger partial charge in [-0.3, -0.25) is 0 Å². The fourth-order valence-electron chi connectivity index (χ4n) is 2.19. The van der Waals surface area contributed by atoms with Crippen LogP contribution in [0, 0.1) is 0 Å². The summed E-state index contributed by atoms with van der Waals surface area (Å²) in [6, 6.07) is 4.02. The van der Waals surface area contributed by atoms with E-state index in [0.29, 0.717) is 6.10 Å². The summed E-state index contributed by atoms with van der Waals surface area (Å²) in [7, 11) is 0. The predicted molar refractivity (Wildman–Crippen MR) is 69.1 cm³/mol. The summed E-state index contributed by atoms with van der Waals surface area (Å²) in [5.41, 5.74) is 7.11. The van der Waals surface area contributed by atoms with Crippen molar-refractivity contribution >= 4 is 5.82 Å². The Bertz CT molecular complexity index is 367. The molecule has 2 atom stereocenters. The average molecular weight is 235 g/mol. The molecule has 1 fully saturated rings. The lowest BCUT2D eigenvalue weighted by atomic mass is 10.1. The van der Waals surface area contributed by atoms with Crippen molar-refractivity contribution in [2.24, 2.45) is 5.73 Å². The van der Waals surface area contributed by atoms with Gasteiger partial charge in [0.1, 0.15) is 5.82 Å². The minimum Gasteiger partial charge on any atom is -0.375 e. The fourth-order valence-corrected chi connectivity index (χ4v) is 2.19.